The van der Waals surface area contributed by atoms with Crippen molar-refractivity contribution in [1.29, 1.82) is 0 Å². The van der Waals surface area contributed by atoms with Crippen LogP contribution in [0.1, 0.15) is 12.5 Å². The van der Waals surface area contributed by atoms with Crippen LogP contribution < -0.4 is 5.32 Å². The molecule has 0 aliphatic rings. The van der Waals surface area contributed by atoms with Gasteiger partial charge in [0.15, 0.2) is 0 Å². The number of nitrogens with zero attached hydrogens (tertiary/aromatic N) is 2. The SMILES string of the molecule is Cc1cc(NC(C)C(=O)N(C)C)ncc1Br. The number of pyridine rings is 1. The molecule has 88 valence electrons. The van der Waals surface area contributed by atoms with Gasteiger partial charge < -0.3 is 10.2 Å². The lowest BCUT2D eigenvalue weighted by Gasteiger charge is -2.18. The van der Waals surface area contributed by atoms with Gasteiger partial charge in [0.1, 0.15) is 11.9 Å². The Morgan fingerprint density at radius 1 is 1.56 bits per heavy atom. The fraction of sp³-hybridized carbons (Fsp3) is 0.455. The van der Waals surface area contributed by atoms with Crippen molar-refractivity contribution in [3.05, 3.63) is 22.3 Å². The molecule has 1 aromatic heterocycles. The summed E-state index contributed by atoms with van der Waals surface area (Å²) in [6, 6.07) is 1.63. The zero-order valence-corrected chi connectivity index (χ0v) is 11.5. The highest BCUT2D eigenvalue weighted by molar-refractivity contribution is 9.10. The predicted octanol–water partition coefficient (Wildman–Crippen LogP) is 2.04. The summed E-state index contributed by atoms with van der Waals surface area (Å²) in [6.45, 7) is 3.80. The van der Waals surface area contributed by atoms with E-state index in [2.05, 4.69) is 26.2 Å². The third-order valence-electron chi connectivity index (χ3n) is 2.22. The van der Waals surface area contributed by atoms with Crippen molar-refractivity contribution in [3.63, 3.8) is 0 Å². The number of halogens is 1. The van der Waals surface area contributed by atoms with Crippen LogP contribution in [0.5, 0.6) is 0 Å². The molecule has 0 bridgehead atoms. The largest absolute Gasteiger partial charge is 0.359 e. The van der Waals surface area contributed by atoms with Crippen molar-refractivity contribution in [2.75, 3.05) is 19.4 Å². The van der Waals surface area contributed by atoms with Crippen LogP contribution in [0.2, 0.25) is 0 Å². The van der Waals surface area contributed by atoms with E-state index >= 15 is 0 Å². The minimum absolute atomic E-state index is 0.0300. The molecule has 1 atom stereocenters. The first-order valence-corrected chi connectivity index (χ1v) is 5.81. The lowest BCUT2D eigenvalue weighted by Crippen LogP contribution is -2.36. The van der Waals surface area contributed by atoms with Crippen LogP contribution in [-0.2, 0) is 4.79 Å². The van der Waals surface area contributed by atoms with Gasteiger partial charge in [-0.05, 0) is 41.4 Å². The Morgan fingerprint density at radius 3 is 2.69 bits per heavy atom. The average molecular weight is 286 g/mol. The summed E-state index contributed by atoms with van der Waals surface area (Å²) in [5.74, 6) is 0.741. The molecule has 1 heterocycles. The molecule has 16 heavy (non-hydrogen) atoms. The van der Waals surface area contributed by atoms with E-state index in [0.717, 1.165) is 10.0 Å². The molecule has 0 aliphatic heterocycles. The summed E-state index contributed by atoms with van der Waals surface area (Å²) in [7, 11) is 3.47. The van der Waals surface area contributed by atoms with Crippen LogP contribution in [0.15, 0.2) is 16.7 Å². The van der Waals surface area contributed by atoms with Crippen LogP contribution in [-0.4, -0.2) is 35.9 Å². The Morgan fingerprint density at radius 2 is 2.19 bits per heavy atom. The summed E-state index contributed by atoms with van der Waals surface area (Å²) in [6.07, 6.45) is 1.73. The first-order valence-electron chi connectivity index (χ1n) is 5.01. The van der Waals surface area contributed by atoms with E-state index in [9.17, 15) is 4.79 Å². The van der Waals surface area contributed by atoms with Gasteiger partial charge in [0, 0.05) is 24.8 Å². The number of anilines is 1. The fourth-order valence-electron chi connectivity index (χ4n) is 1.29. The maximum absolute atomic E-state index is 11.6. The second-order valence-corrected chi connectivity index (χ2v) is 4.77. The molecule has 0 aromatic carbocycles. The Bertz CT molecular complexity index is 393. The number of amides is 1. The lowest BCUT2D eigenvalue weighted by molar-refractivity contribution is -0.129. The van der Waals surface area contributed by atoms with Crippen molar-refractivity contribution >= 4 is 27.7 Å². The maximum atomic E-state index is 11.6. The smallest absolute Gasteiger partial charge is 0.244 e. The number of rotatable bonds is 3. The number of carbonyl (C=O) groups excluding carboxylic acids is 1. The molecule has 1 amide bonds. The minimum atomic E-state index is -0.275. The van der Waals surface area contributed by atoms with Gasteiger partial charge in [-0.25, -0.2) is 4.98 Å². The zero-order chi connectivity index (χ0) is 12.3. The summed E-state index contributed by atoms with van der Waals surface area (Å²) in [5, 5.41) is 3.07. The first-order chi connectivity index (χ1) is 7.41. The molecule has 0 spiro atoms. The number of nitrogens with one attached hydrogen (secondary N) is 1. The van der Waals surface area contributed by atoms with E-state index in [1.165, 1.54) is 0 Å². The summed E-state index contributed by atoms with van der Waals surface area (Å²) in [4.78, 5) is 17.4. The van der Waals surface area contributed by atoms with E-state index in [0.29, 0.717) is 5.82 Å². The Balaban J connectivity index is 2.73. The molecule has 1 N–H and O–H groups in total. The number of likely N-dealkylation sites (N-methyl/N-ethyl adjacent to an activating group) is 1. The van der Waals surface area contributed by atoms with Crippen molar-refractivity contribution in [2.24, 2.45) is 0 Å². The number of hydrogen-bond acceptors (Lipinski definition) is 3. The number of aryl methyl sites for hydroxylation is 1. The van der Waals surface area contributed by atoms with Crippen LogP contribution in [0, 0.1) is 6.92 Å². The van der Waals surface area contributed by atoms with Crippen molar-refractivity contribution < 1.29 is 4.79 Å². The normalized spacial score (nSPS) is 12.1. The third kappa shape index (κ3) is 3.20. The van der Waals surface area contributed by atoms with E-state index in [1.807, 2.05) is 19.9 Å². The van der Waals surface area contributed by atoms with Gasteiger partial charge in [0.2, 0.25) is 5.91 Å². The van der Waals surface area contributed by atoms with E-state index in [1.54, 1.807) is 25.2 Å². The molecule has 0 fully saturated rings. The molecule has 0 saturated carbocycles. The van der Waals surface area contributed by atoms with E-state index in [4.69, 9.17) is 0 Å². The highest BCUT2D eigenvalue weighted by Crippen LogP contribution is 2.17. The van der Waals surface area contributed by atoms with Gasteiger partial charge in [-0.15, -0.1) is 0 Å². The van der Waals surface area contributed by atoms with Crippen molar-refractivity contribution in [1.82, 2.24) is 9.88 Å². The van der Waals surface area contributed by atoms with Gasteiger partial charge in [0.05, 0.1) is 0 Å². The number of aromatic nitrogens is 1. The van der Waals surface area contributed by atoms with Gasteiger partial charge in [-0.1, -0.05) is 0 Å². The van der Waals surface area contributed by atoms with Gasteiger partial charge in [-0.2, -0.15) is 0 Å². The van der Waals surface area contributed by atoms with Crippen LogP contribution in [0.4, 0.5) is 5.82 Å². The monoisotopic (exact) mass is 285 g/mol. The van der Waals surface area contributed by atoms with Gasteiger partial charge in [0.25, 0.3) is 0 Å². The van der Waals surface area contributed by atoms with Gasteiger partial charge in [-0.3, -0.25) is 4.79 Å². The highest BCUT2D eigenvalue weighted by Gasteiger charge is 2.14. The zero-order valence-electron chi connectivity index (χ0n) is 9.91. The second-order valence-electron chi connectivity index (χ2n) is 3.92. The Kier molecular flexibility index (Phi) is 4.29. The van der Waals surface area contributed by atoms with E-state index < -0.39 is 0 Å². The summed E-state index contributed by atoms with van der Waals surface area (Å²) >= 11 is 3.38. The van der Waals surface area contributed by atoms with Crippen LogP contribution in [0.25, 0.3) is 0 Å². The molecule has 0 aliphatic carbocycles. The quantitative estimate of drug-likeness (QED) is 0.925. The lowest BCUT2D eigenvalue weighted by atomic mass is 10.2. The number of carbonyl (C=O) groups is 1. The van der Waals surface area contributed by atoms with Crippen molar-refractivity contribution in [2.45, 2.75) is 19.9 Å². The molecule has 1 aromatic rings. The van der Waals surface area contributed by atoms with Crippen molar-refractivity contribution in [3.8, 4) is 0 Å². The Hall–Kier alpha value is -1.10. The van der Waals surface area contributed by atoms with E-state index in [-0.39, 0.29) is 11.9 Å². The molecule has 5 heteroatoms. The predicted molar refractivity (Wildman–Crippen MR) is 68.5 cm³/mol. The molecule has 0 radical (unpaired) electrons. The Labute approximate surface area is 104 Å². The highest BCUT2D eigenvalue weighted by atomic mass is 79.9. The topological polar surface area (TPSA) is 45.2 Å². The maximum Gasteiger partial charge on any atom is 0.244 e. The molecule has 4 nitrogen and oxygen atoms in total. The van der Waals surface area contributed by atoms with Crippen LogP contribution in [0.3, 0.4) is 0 Å². The molecular formula is C11H16BrN3O. The average Bonchev–Trinajstić information content (AvgIpc) is 2.22. The van der Waals surface area contributed by atoms with Crippen LogP contribution >= 0.6 is 15.9 Å². The number of hydrogen-bond donors (Lipinski definition) is 1. The van der Waals surface area contributed by atoms with Gasteiger partial charge >= 0.3 is 0 Å². The second kappa shape index (κ2) is 5.30. The molecule has 1 rings (SSSR count). The minimum Gasteiger partial charge on any atom is -0.359 e. The summed E-state index contributed by atoms with van der Waals surface area (Å²) < 4.78 is 0.963. The molecule has 0 saturated heterocycles. The first kappa shape index (κ1) is 13.0. The summed E-state index contributed by atoms with van der Waals surface area (Å²) in [5.41, 5.74) is 1.09. The standard InChI is InChI=1S/C11H16BrN3O/c1-7-5-10(13-6-9(7)12)14-8(2)11(16)15(3)4/h5-6,8H,1-4H3,(H,13,14). The molecule has 1 unspecified atom stereocenters. The fourth-order valence-corrected chi connectivity index (χ4v) is 1.51. The third-order valence-corrected chi connectivity index (χ3v) is 3.05. The molecular weight excluding hydrogens is 270 g/mol.